The summed E-state index contributed by atoms with van der Waals surface area (Å²) in [6, 6.07) is 4.51. The smallest absolute Gasteiger partial charge is 0.352 e. The number of nitrogens with one attached hydrogen (secondary N) is 2. The van der Waals surface area contributed by atoms with E-state index in [1.54, 1.807) is 0 Å². The minimum absolute atomic E-state index is 0.0289. The SMILES string of the molecule is CC(C)(C)NC(=O)CCC1CCCC(CNC(=O)c2cccc(C(F)(F)F)c2)CC1. The van der Waals surface area contributed by atoms with Crippen LogP contribution in [0.4, 0.5) is 13.2 Å². The van der Waals surface area contributed by atoms with E-state index in [-0.39, 0.29) is 17.0 Å². The summed E-state index contributed by atoms with van der Waals surface area (Å²) in [7, 11) is 0. The van der Waals surface area contributed by atoms with Crippen LogP contribution in [-0.2, 0) is 11.0 Å². The second-order valence-corrected chi connectivity index (χ2v) is 9.37. The monoisotopic (exact) mass is 426 g/mol. The van der Waals surface area contributed by atoms with Gasteiger partial charge in [-0.05, 0) is 70.1 Å². The highest BCUT2D eigenvalue weighted by molar-refractivity contribution is 5.94. The Morgan fingerprint density at radius 1 is 1.03 bits per heavy atom. The van der Waals surface area contributed by atoms with Crippen LogP contribution < -0.4 is 10.6 Å². The fourth-order valence-electron chi connectivity index (χ4n) is 3.94. The molecule has 1 aliphatic carbocycles. The van der Waals surface area contributed by atoms with Crippen LogP contribution in [0.2, 0.25) is 0 Å². The van der Waals surface area contributed by atoms with E-state index in [1.807, 2.05) is 20.8 Å². The van der Waals surface area contributed by atoms with Crippen LogP contribution in [0, 0.1) is 11.8 Å². The van der Waals surface area contributed by atoms with Gasteiger partial charge in [0.05, 0.1) is 5.56 Å². The minimum Gasteiger partial charge on any atom is -0.352 e. The largest absolute Gasteiger partial charge is 0.416 e. The second kappa shape index (κ2) is 10.3. The van der Waals surface area contributed by atoms with Crippen LogP contribution in [0.25, 0.3) is 0 Å². The van der Waals surface area contributed by atoms with Gasteiger partial charge in [0.2, 0.25) is 5.91 Å². The van der Waals surface area contributed by atoms with Crippen molar-refractivity contribution in [3.05, 3.63) is 35.4 Å². The van der Waals surface area contributed by atoms with Crippen molar-refractivity contribution >= 4 is 11.8 Å². The topological polar surface area (TPSA) is 58.2 Å². The van der Waals surface area contributed by atoms with Crippen LogP contribution in [0.1, 0.15) is 81.6 Å². The molecule has 0 aromatic heterocycles. The van der Waals surface area contributed by atoms with Gasteiger partial charge in [-0.15, -0.1) is 0 Å². The maximum Gasteiger partial charge on any atom is 0.416 e. The molecule has 0 bridgehead atoms. The Labute approximate surface area is 177 Å². The molecule has 1 aromatic carbocycles. The molecule has 0 heterocycles. The first-order chi connectivity index (χ1) is 13.9. The molecule has 2 rings (SSSR count). The summed E-state index contributed by atoms with van der Waals surface area (Å²) in [5.41, 5.74) is -1.01. The molecule has 1 fully saturated rings. The Kier molecular flexibility index (Phi) is 8.33. The molecule has 1 saturated carbocycles. The normalized spacial score (nSPS) is 20.3. The molecule has 7 heteroatoms. The van der Waals surface area contributed by atoms with Crippen LogP contribution in [0.5, 0.6) is 0 Å². The Bertz CT molecular complexity index is 726. The number of carbonyl (C=O) groups is 2. The lowest BCUT2D eigenvalue weighted by Gasteiger charge is -2.21. The standard InChI is InChI=1S/C23H33F3N2O2/c1-22(2,3)28-20(29)13-12-16-6-4-7-17(11-10-16)15-27-21(30)18-8-5-9-19(14-18)23(24,25)26/h5,8-9,14,16-17H,4,6-7,10-13,15H2,1-3H3,(H,27,30)(H,28,29). The number of hydrogen-bond acceptors (Lipinski definition) is 2. The fourth-order valence-corrected chi connectivity index (χ4v) is 3.94. The molecule has 0 saturated heterocycles. The number of rotatable bonds is 6. The number of hydrogen-bond donors (Lipinski definition) is 2. The molecule has 1 aromatic rings. The lowest BCUT2D eigenvalue weighted by atomic mass is 9.93. The van der Waals surface area contributed by atoms with Gasteiger partial charge in [0, 0.05) is 24.1 Å². The highest BCUT2D eigenvalue weighted by atomic mass is 19.4. The van der Waals surface area contributed by atoms with Gasteiger partial charge in [0.1, 0.15) is 0 Å². The third kappa shape index (κ3) is 8.36. The van der Waals surface area contributed by atoms with Gasteiger partial charge in [-0.25, -0.2) is 0 Å². The average molecular weight is 427 g/mol. The van der Waals surface area contributed by atoms with Crippen molar-refractivity contribution in [2.24, 2.45) is 11.8 Å². The van der Waals surface area contributed by atoms with Crippen molar-refractivity contribution < 1.29 is 22.8 Å². The van der Waals surface area contributed by atoms with E-state index in [4.69, 9.17) is 0 Å². The zero-order valence-corrected chi connectivity index (χ0v) is 18.1. The molecule has 0 aliphatic heterocycles. The Balaban J connectivity index is 1.77. The average Bonchev–Trinajstić information content (AvgIpc) is 2.88. The first-order valence-corrected chi connectivity index (χ1v) is 10.7. The van der Waals surface area contributed by atoms with Gasteiger partial charge in [-0.1, -0.05) is 25.3 Å². The molecule has 0 spiro atoms. The van der Waals surface area contributed by atoms with E-state index < -0.39 is 17.6 Å². The maximum atomic E-state index is 12.8. The van der Waals surface area contributed by atoms with Gasteiger partial charge in [0.15, 0.2) is 0 Å². The maximum absolute atomic E-state index is 12.8. The van der Waals surface area contributed by atoms with Crippen molar-refractivity contribution in [3.63, 3.8) is 0 Å². The van der Waals surface area contributed by atoms with Crippen LogP contribution >= 0.6 is 0 Å². The van der Waals surface area contributed by atoms with Crippen LogP contribution in [-0.4, -0.2) is 23.9 Å². The number of carbonyl (C=O) groups excluding carboxylic acids is 2. The lowest BCUT2D eigenvalue weighted by Crippen LogP contribution is -2.40. The Morgan fingerprint density at radius 3 is 2.37 bits per heavy atom. The summed E-state index contributed by atoms with van der Waals surface area (Å²) in [6.45, 7) is 6.37. The van der Waals surface area contributed by atoms with Crippen molar-refractivity contribution in [2.45, 2.75) is 77.4 Å². The molecule has 2 atom stereocenters. The summed E-state index contributed by atoms with van der Waals surface area (Å²) in [6.07, 6.45) is 1.98. The first-order valence-electron chi connectivity index (χ1n) is 10.7. The highest BCUT2D eigenvalue weighted by Gasteiger charge is 2.31. The molecule has 2 amide bonds. The van der Waals surface area contributed by atoms with Crippen LogP contribution in [0.15, 0.2) is 24.3 Å². The Hall–Kier alpha value is -2.05. The molecule has 2 N–H and O–H groups in total. The zero-order valence-electron chi connectivity index (χ0n) is 18.1. The quantitative estimate of drug-likeness (QED) is 0.605. The summed E-state index contributed by atoms with van der Waals surface area (Å²) in [5.74, 6) is 0.422. The summed E-state index contributed by atoms with van der Waals surface area (Å²) in [4.78, 5) is 24.3. The van der Waals surface area contributed by atoms with Gasteiger partial charge in [-0.2, -0.15) is 13.2 Å². The van der Waals surface area contributed by atoms with Crippen molar-refractivity contribution in [2.75, 3.05) is 6.54 Å². The number of alkyl halides is 3. The van der Waals surface area contributed by atoms with Crippen molar-refractivity contribution in [1.82, 2.24) is 10.6 Å². The molecule has 30 heavy (non-hydrogen) atoms. The molecule has 168 valence electrons. The summed E-state index contributed by atoms with van der Waals surface area (Å²) < 4.78 is 38.5. The zero-order chi connectivity index (χ0) is 22.4. The second-order valence-electron chi connectivity index (χ2n) is 9.37. The Morgan fingerprint density at radius 2 is 1.70 bits per heavy atom. The number of benzene rings is 1. The predicted octanol–water partition coefficient (Wildman–Crippen LogP) is 5.33. The molecule has 2 unspecified atom stereocenters. The molecule has 1 aliphatic rings. The number of halogens is 3. The third-order valence-electron chi connectivity index (χ3n) is 5.51. The van der Waals surface area contributed by atoms with Crippen molar-refractivity contribution in [1.29, 1.82) is 0 Å². The lowest BCUT2D eigenvalue weighted by molar-refractivity contribution is -0.137. The van der Waals surface area contributed by atoms with Crippen molar-refractivity contribution in [3.8, 4) is 0 Å². The minimum atomic E-state index is -4.46. The van der Waals surface area contributed by atoms with Crippen LogP contribution in [0.3, 0.4) is 0 Å². The molecular formula is C23H33F3N2O2. The fraction of sp³-hybridized carbons (Fsp3) is 0.652. The van der Waals surface area contributed by atoms with Gasteiger partial charge >= 0.3 is 6.18 Å². The van der Waals surface area contributed by atoms with Gasteiger partial charge in [-0.3, -0.25) is 9.59 Å². The van der Waals surface area contributed by atoms with E-state index in [0.29, 0.717) is 24.8 Å². The number of amides is 2. The summed E-state index contributed by atoms with van der Waals surface area (Å²) >= 11 is 0. The molecule has 0 radical (unpaired) electrons. The molecule has 4 nitrogen and oxygen atoms in total. The predicted molar refractivity (Wildman–Crippen MR) is 111 cm³/mol. The van der Waals surface area contributed by atoms with E-state index in [0.717, 1.165) is 50.7 Å². The van der Waals surface area contributed by atoms with E-state index in [1.165, 1.54) is 12.1 Å². The first kappa shape index (κ1) is 24.2. The highest BCUT2D eigenvalue weighted by Crippen LogP contribution is 2.31. The molecular weight excluding hydrogens is 393 g/mol. The summed E-state index contributed by atoms with van der Waals surface area (Å²) in [5, 5.41) is 5.78. The third-order valence-corrected chi connectivity index (χ3v) is 5.51. The van der Waals surface area contributed by atoms with Gasteiger partial charge < -0.3 is 10.6 Å². The van der Waals surface area contributed by atoms with Gasteiger partial charge in [0.25, 0.3) is 5.91 Å². The van der Waals surface area contributed by atoms with E-state index in [2.05, 4.69) is 10.6 Å². The van der Waals surface area contributed by atoms with E-state index >= 15 is 0 Å². The van der Waals surface area contributed by atoms with E-state index in [9.17, 15) is 22.8 Å².